The summed E-state index contributed by atoms with van der Waals surface area (Å²) in [6.07, 6.45) is 0. The first kappa shape index (κ1) is 17.0. The van der Waals surface area contributed by atoms with Crippen LogP contribution in [0.1, 0.15) is 61.0 Å². The number of aromatic hydroxyl groups is 1. The smallest absolute Gasteiger partial charge is 0.176 e. The molecule has 1 aromatic carbocycles. The van der Waals surface area contributed by atoms with E-state index in [2.05, 4.69) is 4.90 Å². The van der Waals surface area contributed by atoms with Gasteiger partial charge in [0, 0.05) is 18.7 Å². The maximum atomic E-state index is 12.6. The number of benzene rings is 1. The summed E-state index contributed by atoms with van der Waals surface area (Å²) in [7, 11) is 0. The monoisotopic (exact) mass is 305 g/mol. The largest absolute Gasteiger partial charge is 0.507 e. The fourth-order valence-corrected chi connectivity index (χ4v) is 2.77. The molecule has 0 radical (unpaired) electrons. The molecule has 4 nitrogen and oxygen atoms in total. The Kier molecular flexibility index (Phi) is 5.59. The lowest BCUT2D eigenvalue weighted by molar-refractivity contribution is 0.0371. The van der Waals surface area contributed by atoms with Gasteiger partial charge in [-0.1, -0.05) is 27.7 Å². The Balaban J connectivity index is 2.27. The summed E-state index contributed by atoms with van der Waals surface area (Å²) < 4.78 is 5.32. The lowest BCUT2D eigenvalue weighted by Gasteiger charge is -2.26. The average molecular weight is 305 g/mol. The molecule has 0 bridgehead atoms. The highest BCUT2D eigenvalue weighted by Crippen LogP contribution is 2.34. The van der Waals surface area contributed by atoms with Gasteiger partial charge in [0.25, 0.3) is 0 Å². The molecule has 0 saturated carbocycles. The Hall–Kier alpha value is -1.39. The standard InChI is InChI=1S/C18H27NO3/c1-12(2)15-9-14(10-16(13(3)4)18(15)21)17(20)11-19-5-7-22-8-6-19/h9-10,12-13,21H,5-8,11H2,1-4H3. The molecule has 0 aromatic heterocycles. The van der Waals surface area contributed by atoms with Crippen LogP contribution in [-0.4, -0.2) is 48.6 Å². The number of morpholine rings is 1. The highest BCUT2D eigenvalue weighted by atomic mass is 16.5. The van der Waals surface area contributed by atoms with E-state index in [0.29, 0.717) is 31.1 Å². The fourth-order valence-electron chi connectivity index (χ4n) is 2.77. The van der Waals surface area contributed by atoms with Gasteiger partial charge in [0.15, 0.2) is 5.78 Å². The van der Waals surface area contributed by atoms with E-state index >= 15 is 0 Å². The quantitative estimate of drug-likeness (QED) is 0.849. The highest BCUT2D eigenvalue weighted by Gasteiger charge is 2.20. The molecule has 0 amide bonds. The minimum Gasteiger partial charge on any atom is -0.507 e. The molecule has 0 atom stereocenters. The van der Waals surface area contributed by atoms with E-state index in [-0.39, 0.29) is 17.6 Å². The molecule has 1 saturated heterocycles. The SMILES string of the molecule is CC(C)c1cc(C(=O)CN2CCOCC2)cc(C(C)C)c1O. The molecule has 0 spiro atoms. The third-order valence-electron chi connectivity index (χ3n) is 4.21. The number of nitrogens with zero attached hydrogens (tertiary/aromatic N) is 1. The van der Waals surface area contributed by atoms with E-state index in [1.807, 2.05) is 39.8 Å². The number of carbonyl (C=O) groups is 1. The van der Waals surface area contributed by atoms with Crippen LogP contribution in [0.4, 0.5) is 0 Å². The second-order valence-corrected chi connectivity index (χ2v) is 6.62. The van der Waals surface area contributed by atoms with Crippen molar-refractivity contribution in [2.75, 3.05) is 32.8 Å². The normalized spacial score (nSPS) is 16.5. The van der Waals surface area contributed by atoms with Crippen LogP contribution in [0, 0.1) is 0 Å². The zero-order valence-electron chi connectivity index (χ0n) is 14.1. The molecule has 1 N–H and O–H groups in total. The van der Waals surface area contributed by atoms with Crippen LogP contribution in [-0.2, 0) is 4.74 Å². The second-order valence-electron chi connectivity index (χ2n) is 6.62. The number of phenols is 1. The van der Waals surface area contributed by atoms with Gasteiger partial charge in [-0.15, -0.1) is 0 Å². The van der Waals surface area contributed by atoms with E-state index in [4.69, 9.17) is 4.74 Å². The highest BCUT2D eigenvalue weighted by molar-refractivity contribution is 5.98. The van der Waals surface area contributed by atoms with Crippen molar-refractivity contribution in [3.05, 3.63) is 28.8 Å². The molecule has 1 aliphatic rings. The van der Waals surface area contributed by atoms with Crippen LogP contribution < -0.4 is 0 Å². The van der Waals surface area contributed by atoms with Gasteiger partial charge in [-0.25, -0.2) is 0 Å². The van der Waals surface area contributed by atoms with E-state index < -0.39 is 0 Å². The number of hydrogen-bond acceptors (Lipinski definition) is 4. The first-order valence-corrected chi connectivity index (χ1v) is 8.10. The summed E-state index contributed by atoms with van der Waals surface area (Å²) in [6.45, 7) is 11.6. The summed E-state index contributed by atoms with van der Waals surface area (Å²) in [5.74, 6) is 0.834. The third-order valence-corrected chi connectivity index (χ3v) is 4.21. The number of phenolic OH excluding ortho intramolecular Hbond substituents is 1. The Labute approximate surface area is 133 Å². The zero-order valence-corrected chi connectivity index (χ0v) is 14.1. The number of ether oxygens (including phenoxy) is 1. The van der Waals surface area contributed by atoms with Crippen molar-refractivity contribution in [2.45, 2.75) is 39.5 Å². The summed E-state index contributed by atoms with van der Waals surface area (Å²) >= 11 is 0. The summed E-state index contributed by atoms with van der Waals surface area (Å²) in [4.78, 5) is 14.7. The Bertz CT molecular complexity index is 502. The lowest BCUT2D eigenvalue weighted by Crippen LogP contribution is -2.39. The zero-order chi connectivity index (χ0) is 16.3. The fraction of sp³-hybridized carbons (Fsp3) is 0.611. The molecule has 1 heterocycles. The van der Waals surface area contributed by atoms with Crippen LogP contribution in [0.2, 0.25) is 0 Å². The molecule has 22 heavy (non-hydrogen) atoms. The number of rotatable bonds is 5. The van der Waals surface area contributed by atoms with Gasteiger partial charge < -0.3 is 9.84 Å². The van der Waals surface area contributed by atoms with Gasteiger partial charge in [0.1, 0.15) is 5.75 Å². The average Bonchev–Trinajstić information content (AvgIpc) is 2.47. The molecular formula is C18H27NO3. The van der Waals surface area contributed by atoms with E-state index in [9.17, 15) is 9.90 Å². The van der Waals surface area contributed by atoms with Crippen molar-refractivity contribution in [3.63, 3.8) is 0 Å². The molecule has 0 aliphatic carbocycles. The minimum atomic E-state index is 0.116. The van der Waals surface area contributed by atoms with E-state index in [1.54, 1.807) is 0 Å². The predicted molar refractivity (Wildman–Crippen MR) is 87.9 cm³/mol. The maximum absolute atomic E-state index is 12.6. The second kappa shape index (κ2) is 7.25. The number of hydrogen-bond donors (Lipinski definition) is 1. The first-order valence-electron chi connectivity index (χ1n) is 8.10. The molecule has 1 aliphatic heterocycles. The van der Waals surface area contributed by atoms with Crippen molar-refractivity contribution in [1.82, 2.24) is 4.90 Å². The minimum absolute atomic E-state index is 0.116. The molecular weight excluding hydrogens is 278 g/mol. The number of Topliss-reactive ketones (excluding diaryl/α,β-unsaturated/α-hetero) is 1. The summed E-state index contributed by atoms with van der Waals surface area (Å²) in [6, 6.07) is 3.71. The van der Waals surface area contributed by atoms with Crippen LogP contribution in [0.5, 0.6) is 5.75 Å². The van der Waals surface area contributed by atoms with Gasteiger partial charge in [0.05, 0.1) is 19.8 Å². The van der Waals surface area contributed by atoms with Crippen molar-refractivity contribution in [1.29, 1.82) is 0 Å². The summed E-state index contributed by atoms with van der Waals surface area (Å²) in [5, 5.41) is 10.4. The first-order chi connectivity index (χ1) is 10.4. The third kappa shape index (κ3) is 3.87. The molecule has 4 heteroatoms. The van der Waals surface area contributed by atoms with Gasteiger partial charge in [-0.2, -0.15) is 0 Å². The molecule has 0 unspecified atom stereocenters. The van der Waals surface area contributed by atoms with Crippen LogP contribution >= 0.6 is 0 Å². The molecule has 1 fully saturated rings. The van der Waals surface area contributed by atoms with Crippen molar-refractivity contribution in [3.8, 4) is 5.75 Å². The van der Waals surface area contributed by atoms with Crippen LogP contribution in [0.3, 0.4) is 0 Å². The maximum Gasteiger partial charge on any atom is 0.176 e. The van der Waals surface area contributed by atoms with E-state index in [1.165, 1.54) is 0 Å². The Morgan fingerprint density at radius 3 is 2.09 bits per heavy atom. The predicted octanol–water partition coefficient (Wildman–Crippen LogP) is 3.15. The van der Waals surface area contributed by atoms with Crippen molar-refractivity contribution >= 4 is 5.78 Å². The van der Waals surface area contributed by atoms with Crippen LogP contribution in [0.25, 0.3) is 0 Å². The van der Waals surface area contributed by atoms with Crippen molar-refractivity contribution in [2.24, 2.45) is 0 Å². The molecule has 1 aromatic rings. The summed E-state index contributed by atoms with van der Waals surface area (Å²) in [5.41, 5.74) is 2.42. The van der Waals surface area contributed by atoms with Gasteiger partial charge in [0.2, 0.25) is 0 Å². The van der Waals surface area contributed by atoms with Crippen molar-refractivity contribution < 1.29 is 14.6 Å². The Morgan fingerprint density at radius 1 is 1.14 bits per heavy atom. The molecule has 2 rings (SSSR count). The number of carbonyl (C=O) groups excluding carboxylic acids is 1. The molecule has 122 valence electrons. The van der Waals surface area contributed by atoms with Crippen LogP contribution in [0.15, 0.2) is 12.1 Å². The Morgan fingerprint density at radius 2 is 1.64 bits per heavy atom. The van der Waals surface area contributed by atoms with Gasteiger partial charge >= 0.3 is 0 Å². The lowest BCUT2D eigenvalue weighted by atomic mass is 9.90. The topological polar surface area (TPSA) is 49.8 Å². The number of ketones is 1. The van der Waals surface area contributed by atoms with E-state index in [0.717, 1.165) is 24.2 Å². The van der Waals surface area contributed by atoms with Gasteiger partial charge in [-0.05, 0) is 35.1 Å². The van der Waals surface area contributed by atoms with Gasteiger partial charge in [-0.3, -0.25) is 9.69 Å².